The number of carbonyl (C=O) groups is 1. The van der Waals surface area contributed by atoms with E-state index in [9.17, 15) is 4.79 Å². The number of rotatable bonds is 7. The maximum Gasteiger partial charge on any atom is 0.170 e. The van der Waals surface area contributed by atoms with Crippen molar-refractivity contribution in [2.75, 3.05) is 0 Å². The van der Waals surface area contributed by atoms with E-state index in [-0.39, 0.29) is 17.8 Å². The fourth-order valence-electron chi connectivity index (χ4n) is 3.15. The highest BCUT2D eigenvalue weighted by atomic mass is 16.5. The quantitative estimate of drug-likeness (QED) is 0.477. The molecule has 0 spiro atoms. The molecule has 26 heavy (non-hydrogen) atoms. The van der Waals surface area contributed by atoms with Crippen molar-refractivity contribution in [1.29, 1.82) is 0 Å². The third-order valence-electron chi connectivity index (χ3n) is 4.65. The van der Waals surface area contributed by atoms with Crippen molar-refractivity contribution >= 4 is 5.78 Å². The fraction of sp³-hybridized carbons (Fsp3) is 0.208. The van der Waals surface area contributed by atoms with Crippen molar-refractivity contribution in [2.24, 2.45) is 0 Å². The summed E-state index contributed by atoms with van der Waals surface area (Å²) in [5.41, 5.74) is 2.93. The first-order valence-electron chi connectivity index (χ1n) is 9.10. The Hall–Kier alpha value is -2.87. The summed E-state index contributed by atoms with van der Waals surface area (Å²) in [7, 11) is 0. The number of ketones is 1. The first-order valence-corrected chi connectivity index (χ1v) is 9.10. The molecular formula is C24H24O2. The number of hydrogen-bond donors (Lipinski definition) is 0. The highest BCUT2D eigenvalue weighted by molar-refractivity contribution is 6.00. The molecule has 0 bridgehead atoms. The second kappa shape index (κ2) is 8.48. The van der Waals surface area contributed by atoms with Crippen LogP contribution < -0.4 is 4.74 Å². The van der Waals surface area contributed by atoms with Gasteiger partial charge in [-0.25, -0.2) is 0 Å². The van der Waals surface area contributed by atoms with Gasteiger partial charge >= 0.3 is 0 Å². The van der Waals surface area contributed by atoms with Crippen molar-refractivity contribution in [1.82, 2.24) is 0 Å². The number of benzene rings is 3. The van der Waals surface area contributed by atoms with Crippen LogP contribution in [0, 0.1) is 0 Å². The molecule has 2 atom stereocenters. The van der Waals surface area contributed by atoms with Crippen LogP contribution in [0.3, 0.4) is 0 Å². The van der Waals surface area contributed by atoms with E-state index < -0.39 is 0 Å². The molecule has 0 aromatic heterocycles. The largest absolute Gasteiger partial charge is 0.486 e. The zero-order valence-corrected chi connectivity index (χ0v) is 15.3. The van der Waals surface area contributed by atoms with Crippen LogP contribution in [-0.4, -0.2) is 5.78 Å². The van der Waals surface area contributed by atoms with Gasteiger partial charge in [0.1, 0.15) is 11.9 Å². The van der Waals surface area contributed by atoms with Crippen LogP contribution in [0.1, 0.15) is 53.8 Å². The topological polar surface area (TPSA) is 26.3 Å². The van der Waals surface area contributed by atoms with Gasteiger partial charge in [0.25, 0.3) is 0 Å². The van der Waals surface area contributed by atoms with Crippen LogP contribution in [0.15, 0.2) is 84.9 Å². The van der Waals surface area contributed by atoms with Crippen LogP contribution in [0.5, 0.6) is 5.75 Å². The summed E-state index contributed by atoms with van der Waals surface area (Å²) in [6, 6.07) is 27.6. The molecule has 0 aliphatic rings. The van der Waals surface area contributed by atoms with Gasteiger partial charge in [-0.3, -0.25) is 4.79 Å². The van der Waals surface area contributed by atoms with Crippen LogP contribution in [0.2, 0.25) is 0 Å². The van der Waals surface area contributed by atoms with Crippen LogP contribution >= 0.6 is 0 Å². The molecule has 0 saturated carbocycles. The zero-order chi connectivity index (χ0) is 18.4. The molecular weight excluding hydrogens is 320 g/mol. The predicted octanol–water partition coefficient (Wildman–Crippen LogP) is 6.20. The lowest BCUT2D eigenvalue weighted by Crippen LogP contribution is -2.12. The van der Waals surface area contributed by atoms with Crippen LogP contribution in [0.25, 0.3) is 0 Å². The van der Waals surface area contributed by atoms with E-state index in [0.717, 1.165) is 28.9 Å². The molecule has 2 nitrogen and oxygen atoms in total. The van der Waals surface area contributed by atoms with Gasteiger partial charge in [0, 0.05) is 11.5 Å². The number of hydrogen-bond acceptors (Lipinski definition) is 2. The molecule has 0 N–H and O–H groups in total. The normalized spacial score (nSPS) is 13.0. The van der Waals surface area contributed by atoms with Crippen LogP contribution in [-0.2, 0) is 0 Å². The molecule has 0 fully saturated rings. The summed E-state index contributed by atoms with van der Waals surface area (Å²) in [5, 5.41) is 0. The molecule has 132 valence electrons. The molecule has 3 rings (SSSR count). The Balaban J connectivity index is 1.72. The molecule has 0 radical (unpaired) electrons. The van der Waals surface area contributed by atoms with E-state index in [1.165, 1.54) is 0 Å². The Kier molecular flexibility index (Phi) is 5.85. The second-order valence-electron chi connectivity index (χ2n) is 6.43. The molecule has 2 heteroatoms. The minimum Gasteiger partial charge on any atom is -0.486 e. The molecule has 0 amide bonds. The van der Waals surface area contributed by atoms with Gasteiger partial charge in [-0.2, -0.15) is 0 Å². The Morgan fingerprint density at radius 2 is 1.38 bits per heavy atom. The number of carbonyl (C=O) groups excluding carboxylic acids is 1. The Morgan fingerprint density at radius 1 is 0.808 bits per heavy atom. The van der Waals surface area contributed by atoms with Gasteiger partial charge in [-0.05, 0) is 36.6 Å². The van der Waals surface area contributed by atoms with Crippen LogP contribution in [0.4, 0.5) is 0 Å². The van der Waals surface area contributed by atoms with Crippen molar-refractivity contribution in [3.63, 3.8) is 0 Å². The van der Waals surface area contributed by atoms with Crippen molar-refractivity contribution < 1.29 is 9.53 Å². The van der Waals surface area contributed by atoms with Gasteiger partial charge in [-0.1, -0.05) is 79.7 Å². The second-order valence-corrected chi connectivity index (χ2v) is 6.43. The lowest BCUT2D eigenvalue weighted by atomic mass is 9.88. The van der Waals surface area contributed by atoms with E-state index >= 15 is 0 Å². The summed E-state index contributed by atoms with van der Waals surface area (Å²) in [5.74, 6) is 0.851. The SMILES string of the molecule is CCC(C(=O)c1ccccc1)c1ccc(OC(C)c2ccccc2)cc1. The maximum absolute atomic E-state index is 12.8. The van der Waals surface area contributed by atoms with E-state index in [1.807, 2.05) is 86.6 Å². The first-order chi connectivity index (χ1) is 12.7. The average molecular weight is 344 g/mol. The number of ether oxygens (including phenoxy) is 1. The summed E-state index contributed by atoms with van der Waals surface area (Å²) >= 11 is 0. The van der Waals surface area contributed by atoms with E-state index in [4.69, 9.17) is 4.74 Å². The molecule has 0 aliphatic carbocycles. The highest BCUT2D eigenvalue weighted by Gasteiger charge is 2.20. The fourth-order valence-corrected chi connectivity index (χ4v) is 3.15. The van der Waals surface area contributed by atoms with Crippen molar-refractivity contribution in [3.05, 3.63) is 102 Å². The third kappa shape index (κ3) is 4.20. The predicted molar refractivity (Wildman–Crippen MR) is 106 cm³/mol. The summed E-state index contributed by atoms with van der Waals surface area (Å²) in [6.45, 7) is 4.09. The highest BCUT2D eigenvalue weighted by Crippen LogP contribution is 2.28. The van der Waals surface area contributed by atoms with Gasteiger partial charge in [0.15, 0.2) is 5.78 Å². The molecule has 2 unspecified atom stereocenters. The molecule has 0 heterocycles. The Labute approximate surface area is 155 Å². The Bertz CT molecular complexity index is 823. The van der Waals surface area contributed by atoms with E-state index in [2.05, 4.69) is 12.1 Å². The minimum absolute atomic E-state index is 0.0185. The van der Waals surface area contributed by atoms with Crippen molar-refractivity contribution in [2.45, 2.75) is 32.3 Å². The summed E-state index contributed by atoms with van der Waals surface area (Å²) in [6.07, 6.45) is 0.754. The monoisotopic (exact) mass is 344 g/mol. The van der Waals surface area contributed by atoms with Gasteiger partial charge in [0.05, 0.1) is 0 Å². The summed E-state index contributed by atoms with van der Waals surface area (Å²) in [4.78, 5) is 12.8. The standard InChI is InChI=1S/C24H24O2/c1-3-23(24(25)21-12-8-5-9-13-21)20-14-16-22(17-15-20)26-18(2)19-10-6-4-7-11-19/h4-18,23H,3H2,1-2H3. The number of Topliss-reactive ketones (excluding diaryl/α,β-unsaturated/α-hetero) is 1. The van der Waals surface area contributed by atoms with Gasteiger partial charge in [0.2, 0.25) is 0 Å². The summed E-state index contributed by atoms with van der Waals surface area (Å²) < 4.78 is 6.03. The van der Waals surface area contributed by atoms with E-state index in [0.29, 0.717) is 0 Å². The molecule has 0 aliphatic heterocycles. The maximum atomic E-state index is 12.8. The lowest BCUT2D eigenvalue weighted by molar-refractivity contribution is 0.0957. The average Bonchev–Trinajstić information content (AvgIpc) is 2.71. The van der Waals surface area contributed by atoms with E-state index in [1.54, 1.807) is 0 Å². The molecule has 3 aromatic carbocycles. The third-order valence-corrected chi connectivity index (χ3v) is 4.65. The molecule has 0 saturated heterocycles. The Morgan fingerprint density at radius 3 is 1.96 bits per heavy atom. The zero-order valence-electron chi connectivity index (χ0n) is 15.3. The first kappa shape index (κ1) is 17.9. The molecule has 3 aromatic rings. The van der Waals surface area contributed by atoms with Crippen molar-refractivity contribution in [3.8, 4) is 5.75 Å². The van der Waals surface area contributed by atoms with Gasteiger partial charge in [-0.15, -0.1) is 0 Å². The lowest BCUT2D eigenvalue weighted by Gasteiger charge is -2.17. The minimum atomic E-state index is -0.127. The smallest absolute Gasteiger partial charge is 0.170 e. The van der Waals surface area contributed by atoms with Gasteiger partial charge < -0.3 is 4.74 Å².